The van der Waals surface area contributed by atoms with Gasteiger partial charge in [-0.25, -0.2) is 9.11 Å². The summed E-state index contributed by atoms with van der Waals surface area (Å²) in [5.74, 6) is -1.82. The third kappa shape index (κ3) is 4.06. The highest BCUT2D eigenvalue weighted by Gasteiger charge is 2.22. The van der Waals surface area contributed by atoms with E-state index >= 15 is 0 Å². The molecule has 0 aliphatic carbocycles. The zero-order valence-corrected chi connectivity index (χ0v) is 16.4. The topological polar surface area (TPSA) is 88.6 Å². The molecule has 1 heterocycles. The van der Waals surface area contributed by atoms with Crippen LogP contribution < -0.4 is 9.46 Å². The van der Waals surface area contributed by atoms with Gasteiger partial charge in [0.2, 0.25) is 0 Å². The Kier molecular flexibility index (Phi) is 5.50. The zero-order chi connectivity index (χ0) is 20.5. The summed E-state index contributed by atoms with van der Waals surface area (Å²) in [6.45, 7) is 0. The lowest BCUT2D eigenvalue weighted by Gasteiger charge is -2.14. The van der Waals surface area contributed by atoms with Crippen molar-refractivity contribution in [1.82, 2.24) is 14.0 Å². The Labute approximate surface area is 165 Å². The minimum Gasteiger partial charge on any atom is -0.453 e. The van der Waals surface area contributed by atoms with Gasteiger partial charge in [-0.05, 0) is 18.2 Å². The number of nitrogens with one attached hydrogen (secondary N) is 1. The van der Waals surface area contributed by atoms with Gasteiger partial charge in [-0.3, -0.25) is 9.78 Å². The predicted molar refractivity (Wildman–Crippen MR) is 103 cm³/mol. The van der Waals surface area contributed by atoms with E-state index in [-0.39, 0.29) is 10.8 Å². The molecule has 0 atom stereocenters. The minimum absolute atomic E-state index is 0.0377. The first kappa shape index (κ1) is 20.0. The van der Waals surface area contributed by atoms with E-state index in [1.165, 1.54) is 14.1 Å². The van der Waals surface area contributed by atoms with E-state index in [0.717, 1.165) is 21.8 Å². The van der Waals surface area contributed by atoms with Gasteiger partial charge in [-0.1, -0.05) is 29.8 Å². The normalized spacial score (nSPS) is 11.6. The summed E-state index contributed by atoms with van der Waals surface area (Å²) < 4.78 is 46.2. The number of para-hydroxylation sites is 1. The van der Waals surface area contributed by atoms with Crippen LogP contribution in [0.25, 0.3) is 10.9 Å². The molecule has 0 saturated carbocycles. The summed E-state index contributed by atoms with van der Waals surface area (Å²) in [6, 6.07) is 10.8. The molecule has 28 heavy (non-hydrogen) atoms. The molecule has 0 saturated heterocycles. The van der Waals surface area contributed by atoms with E-state index in [0.29, 0.717) is 11.3 Å². The third-order valence-electron chi connectivity index (χ3n) is 3.78. The molecule has 7 nitrogen and oxygen atoms in total. The molecule has 0 radical (unpaired) electrons. The van der Waals surface area contributed by atoms with E-state index in [1.807, 2.05) is 12.1 Å². The molecule has 0 aliphatic rings. The quantitative estimate of drug-likeness (QED) is 0.679. The van der Waals surface area contributed by atoms with Crippen LogP contribution in [-0.2, 0) is 10.2 Å². The molecule has 1 N–H and O–H groups in total. The van der Waals surface area contributed by atoms with Gasteiger partial charge in [-0.2, -0.15) is 12.7 Å². The van der Waals surface area contributed by atoms with Crippen molar-refractivity contribution in [3.05, 3.63) is 65.1 Å². The molecule has 0 spiro atoms. The Balaban J connectivity index is 1.93. The van der Waals surface area contributed by atoms with Crippen molar-refractivity contribution in [2.75, 3.05) is 14.1 Å². The lowest BCUT2D eigenvalue weighted by molar-refractivity contribution is 0.0976. The second-order valence-electron chi connectivity index (χ2n) is 5.91. The Morgan fingerprint density at radius 1 is 1.18 bits per heavy atom. The maximum Gasteiger partial charge on any atom is 0.303 e. The number of carbonyl (C=O) groups is 1. The average Bonchev–Trinajstić information content (AvgIpc) is 2.64. The number of hydrogen-bond donors (Lipinski definition) is 1. The standard InChI is InChI=1S/C18H15ClFN3O4S/c1-23(2)28(25,26)22-18(24)12-9-13(19)16(10-14(12)20)27-15-7-3-5-11-6-4-8-21-17(11)15/h3-10H,1-2H3,(H,22,24). The molecule has 2 aromatic carbocycles. The fraction of sp³-hybridized carbons (Fsp3) is 0.111. The second kappa shape index (κ2) is 7.70. The molecule has 0 unspecified atom stereocenters. The van der Waals surface area contributed by atoms with Gasteiger partial charge in [0, 0.05) is 31.7 Å². The van der Waals surface area contributed by atoms with Gasteiger partial charge in [0.25, 0.3) is 5.91 Å². The van der Waals surface area contributed by atoms with E-state index in [1.54, 1.807) is 29.1 Å². The van der Waals surface area contributed by atoms with E-state index in [4.69, 9.17) is 16.3 Å². The van der Waals surface area contributed by atoms with Crippen molar-refractivity contribution < 1.29 is 22.3 Å². The van der Waals surface area contributed by atoms with E-state index in [9.17, 15) is 17.6 Å². The van der Waals surface area contributed by atoms with Crippen LogP contribution in [0.5, 0.6) is 11.5 Å². The number of aromatic nitrogens is 1. The summed E-state index contributed by atoms with van der Waals surface area (Å²) >= 11 is 6.13. The number of amides is 1. The molecule has 146 valence electrons. The van der Waals surface area contributed by atoms with E-state index in [2.05, 4.69) is 4.98 Å². The van der Waals surface area contributed by atoms with Crippen molar-refractivity contribution in [1.29, 1.82) is 0 Å². The van der Waals surface area contributed by atoms with Crippen LogP contribution >= 0.6 is 11.6 Å². The van der Waals surface area contributed by atoms with Crippen molar-refractivity contribution in [3.63, 3.8) is 0 Å². The number of nitrogens with zero attached hydrogens (tertiary/aromatic N) is 2. The van der Waals surface area contributed by atoms with Gasteiger partial charge in [0.15, 0.2) is 5.75 Å². The number of ether oxygens (including phenoxy) is 1. The van der Waals surface area contributed by atoms with Gasteiger partial charge in [0.05, 0.1) is 10.6 Å². The molecular weight excluding hydrogens is 409 g/mol. The smallest absolute Gasteiger partial charge is 0.303 e. The second-order valence-corrected chi connectivity index (χ2v) is 8.21. The summed E-state index contributed by atoms with van der Waals surface area (Å²) in [5, 5.41) is 0.753. The molecule has 3 rings (SSSR count). The number of carbonyl (C=O) groups excluding carboxylic acids is 1. The van der Waals surface area contributed by atoms with Crippen LogP contribution in [0, 0.1) is 5.82 Å². The summed E-state index contributed by atoms with van der Waals surface area (Å²) in [5.41, 5.74) is 0.0270. The highest BCUT2D eigenvalue weighted by molar-refractivity contribution is 7.87. The SMILES string of the molecule is CN(C)S(=O)(=O)NC(=O)c1cc(Cl)c(Oc2cccc3cccnc23)cc1F. The van der Waals surface area contributed by atoms with Crippen LogP contribution in [-0.4, -0.2) is 37.7 Å². The van der Waals surface area contributed by atoms with Gasteiger partial charge in [0.1, 0.15) is 17.1 Å². The van der Waals surface area contributed by atoms with Crippen LogP contribution in [0.2, 0.25) is 5.02 Å². The van der Waals surface area contributed by atoms with Crippen LogP contribution in [0.3, 0.4) is 0 Å². The Bertz CT molecular complexity index is 1160. The Morgan fingerprint density at radius 2 is 1.89 bits per heavy atom. The molecule has 0 aliphatic heterocycles. The first-order valence-electron chi connectivity index (χ1n) is 7.94. The maximum absolute atomic E-state index is 14.4. The molecule has 1 aromatic heterocycles. The zero-order valence-electron chi connectivity index (χ0n) is 14.8. The predicted octanol–water partition coefficient (Wildman–Crippen LogP) is 3.36. The van der Waals surface area contributed by atoms with E-state index < -0.39 is 27.5 Å². The minimum atomic E-state index is -4.07. The van der Waals surface area contributed by atoms with Gasteiger partial charge >= 0.3 is 10.2 Å². The number of halogens is 2. The largest absolute Gasteiger partial charge is 0.453 e. The molecule has 3 aromatic rings. The Morgan fingerprint density at radius 3 is 2.61 bits per heavy atom. The summed E-state index contributed by atoms with van der Waals surface area (Å²) in [6.07, 6.45) is 1.59. The van der Waals surface area contributed by atoms with Crippen molar-refractivity contribution in [3.8, 4) is 11.5 Å². The molecule has 1 amide bonds. The van der Waals surface area contributed by atoms with Crippen molar-refractivity contribution >= 4 is 38.6 Å². The number of hydrogen-bond acceptors (Lipinski definition) is 5. The lowest BCUT2D eigenvalue weighted by atomic mass is 10.2. The lowest BCUT2D eigenvalue weighted by Crippen LogP contribution is -2.39. The highest BCUT2D eigenvalue weighted by atomic mass is 35.5. The van der Waals surface area contributed by atoms with Crippen molar-refractivity contribution in [2.45, 2.75) is 0 Å². The molecule has 10 heteroatoms. The number of fused-ring (bicyclic) bond motifs is 1. The fourth-order valence-corrected chi connectivity index (χ4v) is 3.05. The summed E-state index contributed by atoms with van der Waals surface area (Å²) in [7, 11) is -1.61. The monoisotopic (exact) mass is 423 g/mol. The molecule has 0 bridgehead atoms. The van der Waals surface area contributed by atoms with Gasteiger partial charge in [-0.15, -0.1) is 0 Å². The van der Waals surface area contributed by atoms with Crippen LogP contribution in [0.4, 0.5) is 4.39 Å². The number of benzene rings is 2. The van der Waals surface area contributed by atoms with Gasteiger partial charge < -0.3 is 4.74 Å². The molecule has 0 fully saturated rings. The molecular formula is C18H15ClFN3O4S. The summed E-state index contributed by atoms with van der Waals surface area (Å²) in [4.78, 5) is 16.4. The highest BCUT2D eigenvalue weighted by Crippen LogP contribution is 2.34. The number of pyridine rings is 1. The third-order valence-corrected chi connectivity index (χ3v) is 5.48. The first-order chi connectivity index (χ1) is 13.2. The van der Waals surface area contributed by atoms with Crippen LogP contribution in [0.15, 0.2) is 48.7 Å². The Hall–Kier alpha value is -2.75. The number of rotatable bonds is 5. The fourth-order valence-electron chi connectivity index (χ4n) is 2.32. The van der Waals surface area contributed by atoms with Crippen molar-refractivity contribution in [2.24, 2.45) is 0 Å². The maximum atomic E-state index is 14.4. The average molecular weight is 424 g/mol. The first-order valence-corrected chi connectivity index (χ1v) is 9.76. The van der Waals surface area contributed by atoms with Crippen LogP contribution in [0.1, 0.15) is 10.4 Å².